The summed E-state index contributed by atoms with van der Waals surface area (Å²) in [6, 6.07) is 9.64. The molecule has 0 spiro atoms. The molecule has 0 aliphatic heterocycles. The van der Waals surface area contributed by atoms with E-state index >= 15 is 0 Å². The minimum atomic E-state index is 0.392. The van der Waals surface area contributed by atoms with Crippen molar-refractivity contribution in [2.24, 2.45) is 0 Å². The fourth-order valence-corrected chi connectivity index (χ4v) is 2.09. The molecule has 1 heterocycles. The molecule has 2 aromatic rings. The predicted molar refractivity (Wildman–Crippen MR) is 77.0 cm³/mol. The van der Waals surface area contributed by atoms with Gasteiger partial charge in [-0.15, -0.1) is 0 Å². The van der Waals surface area contributed by atoms with Crippen LogP contribution in [0.5, 0.6) is 11.6 Å². The van der Waals surface area contributed by atoms with Gasteiger partial charge in [-0.05, 0) is 30.9 Å². The lowest BCUT2D eigenvalue weighted by Crippen LogP contribution is -1.98. The number of rotatable bonds is 4. The number of ether oxygens (including phenoxy) is 1. The van der Waals surface area contributed by atoms with Crippen LogP contribution in [0.4, 0.5) is 0 Å². The van der Waals surface area contributed by atoms with Crippen LogP contribution in [0.15, 0.2) is 30.3 Å². The molecule has 0 radical (unpaired) electrons. The van der Waals surface area contributed by atoms with E-state index in [0.29, 0.717) is 22.8 Å². The van der Waals surface area contributed by atoms with E-state index in [4.69, 9.17) is 16.3 Å². The van der Waals surface area contributed by atoms with E-state index in [1.54, 1.807) is 13.0 Å². The molecule has 100 valence electrons. The Morgan fingerprint density at radius 1 is 1.26 bits per heavy atom. The molecule has 19 heavy (non-hydrogen) atoms. The SMILES string of the molecule is CCC(C)c1ccccc1Oc1cc(Cl)nc(C)n1. The van der Waals surface area contributed by atoms with Crippen LogP contribution in [0, 0.1) is 6.92 Å². The van der Waals surface area contributed by atoms with E-state index in [0.717, 1.165) is 12.2 Å². The Balaban J connectivity index is 2.32. The lowest BCUT2D eigenvalue weighted by atomic mass is 9.98. The number of aryl methyl sites for hydroxylation is 1. The van der Waals surface area contributed by atoms with Crippen molar-refractivity contribution in [3.8, 4) is 11.6 Å². The number of halogens is 1. The summed E-state index contributed by atoms with van der Waals surface area (Å²) in [6.07, 6.45) is 1.06. The highest BCUT2D eigenvalue weighted by atomic mass is 35.5. The summed E-state index contributed by atoms with van der Waals surface area (Å²) >= 11 is 5.91. The number of aromatic nitrogens is 2. The Labute approximate surface area is 118 Å². The normalized spacial score (nSPS) is 12.2. The Hall–Kier alpha value is -1.61. The van der Waals surface area contributed by atoms with Crippen LogP contribution in [-0.2, 0) is 0 Å². The highest BCUT2D eigenvalue weighted by Crippen LogP contribution is 2.31. The maximum absolute atomic E-state index is 5.91. The van der Waals surface area contributed by atoms with Crippen LogP contribution in [0.2, 0.25) is 5.15 Å². The molecule has 0 saturated carbocycles. The molecule has 0 fully saturated rings. The molecule has 1 aromatic carbocycles. The molecular weight excluding hydrogens is 260 g/mol. The molecule has 0 aliphatic carbocycles. The van der Waals surface area contributed by atoms with Crippen LogP contribution in [0.1, 0.15) is 37.6 Å². The number of hydrogen-bond acceptors (Lipinski definition) is 3. The van der Waals surface area contributed by atoms with Crippen molar-refractivity contribution in [3.63, 3.8) is 0 Å². The molecule has 1 aromatic heterocycles. The minimum Gasteiger partial charge on any atom is -0.439 e. The Kier molecular flexibility index (Phi) is 4.38. The minimum absolute atomic E-state index is 0.392. The van der Waals surface area contributed by atoms with Gasteiger partial charge in [0.1, 0.15) is 16.7 Å². The average Bonchev–Trinajstić information content (AvgIpc) is 2.37. The second-order valence-electron chi connectivity index (χ2n) is 4.53. The second kappa shape index (κ2) is 6.02. The number of nitrogens with zero attached hydrogens (tertiary/aromatic N) is 2. The van der Waals surface area contributed by atoms with Gasteiger partial charge < -0.3 is 4.74 Å². The van der Waals surface area contributed by atoms with Gasteiger partial charge in [-0.3, -0.25) is 0 Å². The largest absolute Gasteiger partial charge is 0.439 e. The highest BCUT2D eigenvalue weighted by Gasteiger charge is 2.11. The third-order valence-electron chi connectivity index (χ3n) is 3.06. The monoisotopic (exact) mass is 276 g/mol. The zero-order valence-electron chi connectivity index (χ0n) is 11.4. The van der Waals surface area contributed by atoms with E-state index < -0.39 is 0 Å². The van der Waals surface area contributed by atoms with Crippen molar-refractivity contribution in [1.82, 2.24) is 9.97 Å². The third-order valence-corrected chi connectivity index (χ3v) is 3.25. The van der Waals surface area contributed by atoms with Gasteiger partial charge in [0.25, 0.3) is 0 Å². The van der Waals surface area contributed by atoms with E-state index in [-0.39, 0.29) is 0 Å². The lowest BCUT2D eigenvalue weighted by molar-refractivity contribution is 0.449. The van der Waals surface area contributed by atoms with Crippen LogP contribution in [0.3, 0.4) is 0 Å². The van der Waals surface area contributed by atoms with Gasteiger partial charge in [-0.2, -0.15) is 4.98 Å². The smallest absolute Gasteiger partial charge is 0.224 e. The molecule has 0 amide bonds. The number of para-hydroxylation sites is 1. The lowest BCUT2D eigenvalue weighted by Gasteiger charge is -2.15. The van der Waals surface area contributed by atoms with Crippen LogP contribution >= 0.6 is 11.6 Å². The maximum Gasteiger partial charge on any atom is 0.224 e. The quantitative estimate of drug-likeness (QED) is 0.756. The van der Waals surface area contributed by atoms with E-state index in [1.165, 1.54) is 5.56 Å². The van der Waals surface area contributed by atoms with Gasteiger partial charge in [-0.1, -0.05) is 43.6 Å². The Bertz CT molecular complexity index is 552. The number of hydrogen-bond donors (Lipinski definition) is 0. The van der Waals surface area contributed by atoms with Crippen LogP contribution < -0.4 is 4.74 Å². The van der Waals surface area contributed by atoms with E-state index in [2.05, 4.69) is 29.9 Å². The Morgan fingerprint density at radius 3 is 2.68 bits per heavy atom. The summed E-state index contributed by atoms with van der Waals surface area (Å²) in [4.78, 5) is 8.26. The summed E-state index contributed by atoms with van der Waals surface area (Å²) in [6.45, 7) is 6.13. The molecule has 0 aliphatic rings. The van der Waals surface area contributed by atoms with Crippen molar-refractivity contribution in [2.75, 3.05) is 0 Å². The predicted octanol–water partition coefficient (Wildman–Crippen LogP) is 4.74. The summed E-state index contributed by atoms with van der Waals surface area (Å²) in [7, 11) is 0. The van der Waals surface area contributed by atoms with Crippen molar-refractivity contribution < 1.29 is 4.74 Å². The first-order chi connectivity index (χ1) is 9.10. The molecule has 4 heteroatoms. The zero-order chi connectivity index (χ0) is 13.8. The van der Waals surface area contributed by atoms with Gasteiger partial charge in [-0.25, -0.2) is 4.98 Å². The summed E-state index contributed by atoms with van der Waals surface area (Å²) in [5.74, 6) is 2.34. The molecule has 0 bridgehead atoms. The molecule has 3 nitrogen and oxygen atoms in total. The van der Waals surface area contributed by atoms with Gasteiger partial charge in [0.05, 0.1) is 0 Å². The molecular formula is C15H17ClN2O. The fourth-order valence-electron chi connectivity index (χ4n) is 1.87. The third kappa shape index (κ3) is 3.44. The summed E-state index contributed by atoms with van der Waals surface area (Å²) in [5, 5.41) is 0.392. The van der Waals surface area contributed by atoms with Gasteiger partial charge in [0.15, 0.2) is 0 Å². The fraction of sp³-hybridized carbons (Fsp3) is 0.333. The topological polar surface area (TPSA) is 35.0 Å². The molecule has 1 atom stereocenters. The maximum atomic E-state index is 5.91. The van der Waals surface area contributed by atoms with Crippen molar-refractivity contribution in [2.45, 2.75) is 33.1 Å². The standard InChI is InChI=1S/C15H17ClN2O/c1-4-10(2)12-7-5-6-8-13(12)19-15-9-14(16)17-11(3)18-15/h5-10H,4H2,1-3H3. The van der Waals surface area contributed by atoms with E-state index in [1.807, 2.05) is 18.2 Å². The average molecular weight is 277 g/mol. The second-order valence-corrected chi connectivity index (χ2v) is 4.91. The van der Waals surface area contributed by atoms with Gasteiger partial charge in [0, 0.05) is 6.07 Å². The summed E-state index contributed by atoms with van der Waals surface area (Å²) < 4.78 is 5.86. The molecule has 1 unspecified atom stereocenters. The first kappa shape index (κ1) is 13.8. The molecule has 2 rings (SSSR count). The number of benzene rings is 1. The van der Waals surface area contributed by atoms with E-state index in [9.17, 15) is 0 Å². The van der Waals surface area contributed by atoms with Crippen LogP contribution in [0.25, 0.3) is 0 Å². The van der Waals surface area contributed by atoms with Crippen molar-refractivity contribution in [1.29, 1.82) is 0 Å². The first-order valence-corrected chi connectivity index (χ1v) is 6.76. The van der Waals surface area contributed by atoms with Crippen molar-refractivity contribution >= 4 is 11.6 Å². The van der Waals surface area contributed by atoms with Gasteiger partial charge in [0.2, 0.25) is 5.88 Å². The van der Waals surface area contributed by atoms with Crippen LogP contribution in [-0.4, -0.2) is 9.97 Å². The Morgan fingerprint density at radius 2 is 2.00 bits per heavy atom. The van der Waals surface area contributed by atoms with Gasteiger partial charge >= 0.3 is 0 Å². The molecule has 0 saturated heterocycles. The molecule has 0 N–H and O–H groups in total. The van der Waals surface area contributed by atoms with Crippen molar-refractivity contribution in [3.05, 3.63) is 46.9 Å². The first-order valence-electron chi connectivity index (χ1n) is 6.38. The highest BCUT2D eigenvalue weighted by molar-refractivity contribution is 6.29. The summed E-state index contributed by atoms with van der Waals surface area (Å²) in [5.41, 5.74) is 1.18. The zero-order valence-corrected chi connectivity index (χ0v) is 12.1.